The lowest BCUT2D eigenvalue weighted by Gasteiger charge is -2.23. The normalized spacial score (nSPS) is 14.9. The Morgan fingerprint density at radius 2 is 1.93 bits per heavy atom. The van der Waals surface area contributed by atoms with Crippen molar-refractivity contribution < 1.29 is 4.79 Å². The molecule has 2 aromatic carbocycles. The molecule has 1 fully saturated rings. The first kappa shape index (κ1) is 20.3. The van der Waals surface area contributed by atoms with Crippen LogP contribution in [0.1, 0.15) is 54.5 Å². The Labute approximate surface area is 173 Å². The number of amides is 1. The van der Waals surface area contributed by atoms with Gasteiger partial charge in [-0.2, -0.15) is 0 Å². The Kier molecular flexibility index (Phi) is 6.35. The molecule has 1 saturated heterocycles. The van der Waals surface area contributed by atoms with E-state index in [2.05, 4.69) is 49.6 Å². The number of hydrogen-bond acceptors (Lipinski definition) is 2. The van der Waals surface area contributed by atoms with Crippen molar-refractivity contribution in [3.8, 4) is 0 Å². The van der Waals surface area contributed by atoms with E-state index in [4.69, 9.17) is 12.2 Å². The summed E-state index contributed by atoms with van der Waals surface area (Å²) in [5, 5.41) is 7.35. The number of nitrogens with zero attached hydrogens (tertiary/aromatic N) is 1. The average Bonchev–Trinajstić information content (AvgIpc) is 3.06. The SMILES string of the molecule is CCC(NC(=S)Nc1ccc(N2CCCC2=O)c(C)c1)c1ccc(C)cc1C. The first-order chi connectivity index (χ1) is 13.4. The summed E-state index contributed by atoms with van der Waals surface area (Å²) in [6.07, 6.45) is 2.52. The lowest BCUT2D eigenvalue weighted by atomic mass is 9.98. The third-order valence-electron chi connectivity index (χ3n) is 5.33. The molecule has 0 spiro atoms. The van der Waals surface area contributed by atoms with E-state index in [1.807, 2.05) is 30.0 Å². The van der Waals surface area contributed by atoms with Crippen molar-refractivity contribution in [3.05, 3.63) is 58.7 Å². The zero-order valence-electron chi connectivity index (χ0n) is 17.1. The number of rotatable bonds is 5. The van der Waals surface area contributed by atoms with Gasteiger partial charge in [-0.1, -0.05) is 30.7 Å². The summed E-state index contributed by atoms with van der Waals surface area (Å²) >= 11 is 5.56. The van der Waals surface area contributed by atoms with Gasteiger partial charge in [-0.25, -0.2) is 0 Å². The van der Waals surface area contributed by atoms with Crippen molar-refractivity contribution >= 4 is 34.6 Å². The number of anilines is 2. The van der Waals surface area contributed by atoms with Gasteiger partial charge in [0.15, 0.2) is 5.11 Å². The quantitative estimate of drug-likeness (QED) is 0.685. The molecular formula is C23H29N3OS. The predicted octanol–water partition coefficient (Wildman–Crippen LogP) is 5.18. The van der Waals surface area contributed by atoms with Gasteiger partial charge in [-0.15, -0.1) is 0 Å². The molecule has 1 aliphatic rings. The molecule has 1 aliphatic heterocycles. The van der Waals surface area contributed by atoms with Crippen molar-refractivity contribution in [1.82, 2.24) is 5.32 Å². The van der Waals surface area contributed by atoms with E-state index in [-0.39, 0.29) is 11.9 Å². The van der Waals surface area contributed by atoms with Crippen LogP contribution < -0.4 is 15.5 Å². The Bertz CT molecular complexity index is 893. The van der Waals surface area contributed by atoms with Crippen LogP contribution in [0.4, 0.5) is 11.4 Å². The Morgan fingerprint density at radius 1 is 1.14 bits per heavy atom. The number of carbonyl (C=O) groups excluding carboxylic acids is 1. The summed E-state index contributed by atoms with van der Waals surface area (Å²) in [6.45, 7) is 9.25. The van der Waals surface area contributed by atoms with Gasteiger partial charge in [-0.3, -0.25) is 4.79 Å². The van der Waals surface area contributed by atoms with E-state index in [0.717, 1.165) is 36.3 Å². The number of aryl methyl sites for hydroxylation is 3. The molecule has 5 heteroatoms. The van der Waals surface area contributed by atoms with Crippen LogP contribution in [-0.2, 0) is 4.79 Å². The van der Waals surface area contributed by atoms with Gasteiger partial charge in [0.25, 0.3) is 0 Å². The molecule has 1 heterocycles. The molecule has 1 amide bonds. The summed E-state index contributed by atoms with van der Waals surface area (Å²) in [6, 6.07) is 12.7. The summed E-state index contributed by atoms with van der Waals surface area (Å²) < 4.78 is 0. The van der Waals surface area contributed by atoms with Gasteiger partial charge in [0.05, 0.1) is 6.04 Å². The second-order valence-electron chi connectivity index (χ2n) is 7.57. The molecule has 2 N–H and O–H groups in total. The highest BCUT2D eigenvalue weighted by Crippen LogP contribution is 2.28. The first-order valence-electron chi connectivity index (χ1n) is 9.94. The van der Waals surface area contributed by atoms with E-state index in [1.165, 1.54) is 16.7 Å². The highest BCUT2D eigenvalue weighted by atomic mass is 32.1. The van der Waals surface area contributed by atoms with Crippen LogP contribution in [0.25, 0.3) is 0 Å². The molecule has 0 bridgehead atoms. The predicted molar refractivity (Wildman–Crippen MR) is 121 cm³/mol. The number of nitrogens with one attached hydrogen (secondary N) is 2. The Balaban J connectivity index is 1.68. The van der Waals surface area contributed by atoms with Crippen molar-refractivity contribution in [2.45, 2.75) is 53.0 Å². The summed E-state index contributed by atoms with van der Waals surface area (Å²) in [7, 11) is 0. The minimum atomic E-state index is 0.170. The second-order valence-corrected chi connectivity index (χ2v) is 7.98. The average molecular weight is 396 g/mol. The standard InChI is InChI=1S/C23H29N3OS/c1-5-20(19-10-8-15(2)13-16(19)3)25-23(28)24-18-9-11-21(17(4)14-18)26-12-6-7-22(26)27/h8-11,13-14,20H,5-7,12H2,1-4H3,(H2,24,25,28). The lowest BCUT2D eigenvalue weighted by molar-refractivity contribution is -0.117. The topological polar surface area (TPSA) is 44.4 Å². The monoisotopic (exact) mass is 395 g/mol. The maximum Gasteiger partial charge on any atom is 0.227 e. The van der Waals surface area contributed by atoms with Crippen LogP contribution >= 0.6 is 12.2 Å². The van der Waals surface area contributed by atoms with Gasteiger partial charge >= 0.3 is 0 Å². The number of hydrogen-bond donors (Lipinski definition) is 2. The maximum atomic E-state index is 12.0. The molecule has 0 saturated carbocycles. The van der Waals surface area contributed by atoms with Gasteiger partial charge in [-0.05, 0) is 80.7 Å². The highest BCUT2D eigenvalue weighted by Gasteiger charge is 2.23. The van der Waals surface area contributed by atoms with Crippen LogP contribution in [0, 0.1) is 20.8 Å². The van der Waals surface area contributed by atoms with Gasteiger partial charge < -0.3 is 15.5 Å². The molecule has 1 atom stereocenters. The van der Waals surface area contributed by atoms with Crippen LogP contribution in [0.15, 0.2) is 36.4 Å². The van der Waals surface area contributed by atoms with E-state index < -0.39 is 0 Å². The lowest BCUT2D eigenvalue weighted by Crippen LogP contribution is -2.32. The fourth-order valence-corrected chi connectivity index (χ4v) is 4.14. The smallest absolute Gasteiger partial charge is 0.227 e. The van der Waals surface area contributed by atoms with Crippen LogP contribution in [0.2, 0.25) is 0 Å². The molecule has 28 heavy (non-hydrogen) atoms. The van der Waals surface area contributed by atoms with Gasteiger partial charge in [0, 0.05) is 24.3 Å². The van der Waals surface area contributed by atoms with Crippen molar-refractivity contribution in [3.63, 3.8) is 0 Å². The van der Waals surface area contributed by atoms with Crippen LogP contribution in [-0.4, -0.2) is 17.6 Å². The van der Waals surface area contributed by atoms with Gasteiger partial charge in [0.1, 0.15) is 0 Å². The third-order valence-corrected chi connectivity index (χ3v) is 5.55. The fourth-order valence-electron chi connectivity index (χ4n) is 3.88. The Morgan fingerprint density at radius 3 is 2.54 bits per heavy atom. The maximum absolute atomic E-state index is 12.0. The van der Waals surface area contributed by atoms with E-state index in [0.29, 0.717) is 11.5 Å². The largest absolute Gasteiger partial charge is 0.356 e. The zero-order valence-corrected chi connectivity index (χ0v) is 18.0. The summed E-state index contributed by atoms with van der Waals surface area (Å²) in [5.74, 6) is 0.209. The Hall–Kier alpha value is -2.40. The molecule has 0 radical (unpaired) electrons. The van der Waals surface area contributed by atoms with Crippen LogP contribution in [0.3, 0.4) is 0 Å². The number of carbonyl (C=O) groups is 1. The van der Waals surface area contributed by atoms with E-state index >= 15 is 0 Å². The molecule has 4 nitrogen and oxygen atoms in total. The van der Waals surface area contributed by atoms with Crippen molar-refractivity contribution in [1.29, 1.82) is 0 Å². The first-order valence-corrected chi connectivity index (χ1v) is 10.4. The zero-order chi connectivity index (χ0) is 20.3. The molecule has 0 aliphatic carbocycles. The van der Waals surface area contributed by atoms with E-state index in [9.17, 15) is 4.79 Å². The van der Waals surface area contributed by atoms with E-state index in [1.54, 1.807) is 0 Å². The summed E-state index contributed by atoms with van der Waals surface area (Å²) in [4.78, 5) is 13.9. The van der Waals surface area contributed by atoms with Gasteiger partial charge in [0.2, 0.25) is 5.91 Å². The minimum Gasteiger partial charge on any atom is -0.356 e. The number of benzene rings is 2. The second kappa shape index (κ2) is 8.74. The third kappa shape index (κ3) is 4.53. The molecule has 1 unspecified atom stereocenters. The fraction of sp³-hybridized carbons (Fsp3) is 0.391. The number of thiocarbonyl (C=S) groups is 1. The molecule has 148 valence electrons. The minimum absolute atomic E-state index is 0.170. The highest BCUT2D eigenvalue weighted by molar-refractivity contribution is 7.80. The molecule has 2 aromatic rings. The van der Waals surface area contributed by atoms with Crippen molar-refractivity contribution in [2.24, 2.45) is 0 Å². The molecular weight excluding hydrogens is 366 g/mol. The summed E-state index contributed by atoms with van der Waals surface area (Å²) in [5.41, 5.74) is 6.82. The van der Waals surface area contributed by atoms with Crippen LogP contribution in [0.5, 0.6) is 0 Å². The van der Waals surface area contributed by atoms with Crippen molar-refractivity contribution in [2.75, 3.05) is 16.8 Å². The molecule has 3 rings (SSSR count). The molecule has 0 aromatic heterocycles.